The van der Waals surface area contributed by atoms with Crippen molar-refractivity contribution >= 4 is 11.6 Å². The molecule has 0 aliphatic heterocycles. The summed E-state index contributed by atoms with van der Waals surface area (Å²) in [7, 11) is 0. The Kier molecular flexibility index (Phi) is 6.74. The van der Waals surface area contributed by atoms with E-state index in [0.29, 0.717) is 36.2 Å². The van der Waals surface area contributed by atoms with Gasteiger partial charge in [0, 0.05) is 24.7 Å². The number of carbonyl (C=O) groups excluding carboxylic acids is 2. The van der Waals surface area contributed by atoms with Crippen molar-refractivity contribution in [3.05, 3.63) is 0 Å². The van der Waals surface area contributed by atoms with Gasteiger partial charge in [-0.05, 0) is 68.6 Å². The summed E-state index contributed by atoms with van der Waals surface area (Å²) < 4.78 is 0. The predicted octanol–water partition coefficient (Wildman–Crippen LogP) is 5.97. The lowest BCUT2D eigenvalue weighted by atomic mass is 9.74. The molecule has 0 aromatic carbocycles. The van der Waals surface area contributed by atoms with Gasteiger partial charge in [-0.2, -0.15) is 0 Å². The van der Waals surface area contributed by atoms with Gasteiger partial charge in [-0.3, -0.25) is 9.59 Å². The van der Waals surface area contributed by atoms with Crippen LogP contribution in [-0.4, -0.2) is 11.6 Å². The maximum absolute atomic E-state index is 12.7. The molecule has 0 N–H and O–H groups in total. The van der Waals surface area contributed by atoms with Crippen LogP contribution >= 0.6 is 0 Å². The molecule has 142 valence electrons. The molecule has 0 saturated heterocycles. The lowest BCUT2D eigenvalue weighted by Gasteiger charge is -2.30. The Balaban J connectivity index is 1.45. The second-order valence-electron chi connectivity index (χ2n) is 9.70. The number of fused-ring (bicyclic) bond motifs is 1. The molecule has 3 aliphatic rings. The Morgan fingerprint density at radius 1 is 0.640 bits per heavy atom. The summed E-state index contributed by atoms with van der Waals surface area (Å²) in [4.78, 5) is 25.3. The van der Waals surface area contributed by atoms with E-state index in [1.54, 1.807) is 0 Å². The highest BCUT2D eigenvalue weighted by Crippen LogP contribution is 2.41. The van der Waals surface area contributed by atoms with Crippen LogP contribution < -0.4 is 0 Å². The van der Waals surface area contributed by atoms with Gasteiger partial charge in [0.2, 0.25) is 0 Å². The smallest absolute Gasteiger partial charge is 0.136 e. The topological polar surface area (TPSA) is 34.1 Å². The standard InChI is InChI=1S/C23H38O2/c1-16-13-17(2)15-21(14-16)23(25)12-11-22(24)20-9-7-18-5-3-4-6-19(18)8-10-20/h16-21H,3-15H2,1-2H3. The van der Waals surface area contributed by atoms with Gasteiger partial charge in [0.15, 0.2) is 0 Å². The Morgan fingerprint density at radius 3 is 1.64 bits per heavy atom. The first-order valence-corrected chi connectivity index (χ1v) is 11.1. The predicted molar refractivity (Wildman–Crippen MR) is 102 cm³/mol. The van der Waals surface area contributed by atoms with E-state index in [1.165, 1.54) is 44.9 Å². The fourth-order valence-corrected chi connectivity index (χ4v) is 6.21. The van der Waals surface area contributed by atoms with Crippen LogP contribution in [0.25, 0.3) is 0 Å². The zero-order valence-electron chi connectivity index (χ0n) is 16.5. The zero-order valence-corrected chi connectivity index (χ0v) is 16.5. The monoisotopic (exact) mass is 346 g/mol. The second-order valence-corrected chi connectivity index (χ2v) is 9.70. The van der Waals surface area contributed by atoms with E-state index in [2.05, 4.69) is 13.8 Å². The summed E-state index contributed by atoms with van der Waals surface area (Å²) in [5.74, 6) is 4.35. The summed E-state index contributed by atoms with van der Waals surface area (Å²) in [5, 5.41) is 0. The van der Waals surface area contributed by atoms with E-state index in [1.807, 2.05) is 0 Å². The van der Waals surface area contributed by atoms with E-state index in [9.17, 15) is 9.59 Å². The van der Waals surface area contributed by atoms with Crippen molar-refractivity contribution in [2.45, 2.75) is 97.3 Å². The lowest BCUT2D eigenvalue weighted by molar-refractivity contribution is -0.129. The average molecular weight is 347 g/mol. The molecule has 2 nitrogen and oxygen atoms in total. The van der Waals surface area contributed by atoms with E-state index >= 15 is 0 Å². The molecule has 0 aromatic rings. The molecule has 0 radical (unpaired) electrons. The van der Waals surface area contributed by atoms with Crippen molar-refractivity contribution in [1.29, 1.82) is 0 Å². The highest BCUT2D eigenvalue weighted by Gasteiger charge is 2.33. The lowest BCUT2D eigenvalue weighted by Crippen LogP contribution is -2.26. The molecule has 0 heterocycles. The van der Waals surface area contributed by atoms with Crippen molar-refractivity contribution in [1.82, 2.24) is 0 Å². The first-order chi connectivity index (χ1) is 12.0. The summed E-state index contributed by atoms with van der Waals surface area (Å²) >= 11 is 0. The van der Waals surface area contributed by atoms with Crippen LogP contribution in [0.4, 0.5) is 0 Å². The maximum atomic E-state index is 12.7. The number of rotatable bonds is 5. The molecule has 25 heavy (non-hydrogen) atoms. The van der Waals surface area contributed by atoms with Gasteiger partial charge in [-0.25, -0.2) is 0 Å². The van der Waals surface area contributed by atoms with Gasteiger partial charge in [0.25, 0.3) is 0 Å². The third-order valence-corrected chi connectivity index (χ3v) is 7.55. The summed E-state index contributed by atoms with van der Waals surface area (Å²) in [6.45, 7) is 4.54. The summed E-state index contributed by atoms with van der Waals surface area (Å²) in [6.07, 6.45) is 14.6. The quantitative estimate of drug-likeness (QED) is 0.614. The minimum absolute atomic E-state index is 0.226. The molecule has 2 heteroatoms. The largest absolute Gasteiger partial charge is 0.299 e. The van der Waals surface area contributed by atoms with Crippen molar-refractivity contribution in [3.8, 4) is 0 Å². The fourth-order valence-electron chi connectivity index (χ4n) is 6.21. The average Bonchev–Trinajstić information content (AvgIpc) is 2.81. The number of hydrogen-bond donors (Lipinski definition) is 0. The number of hydrogen-bond acceptors (Lipinski definition) is 2. The van der Waals surface area contributed by atoms with Crippen molar-refractivity contribution in [3.63, 3.8) is 0 Å². The van der Waals surface area contributed by atoms with Crippen molar-refractivity contribution < 1.29 is 9.59 Å². The molecule has 0 aromatic heterocycles. The molecular formula is C23H38O2. The fraction of sp³-hybridized carbons (Fsp3) is 0.913. The van der Waals surface area contributed by atoms with Crippen molar-refractivity contribution in [2.75, 3.05) is 0 Å². The molecule has 3 aliphatic carbocycles. The third-order valence-electron chi connectivity index (χ3n) is 7.55. The Morgan fingerprint density at radius 2 is 1.12 bits per heavy atom. The number of ketones is 2. The van der Waals surface area contributed by atoms with Gasteiger partial charge in [-0.15, -0.1) is 0 Å². The Labute approximate surface area is 154 Å². The van der Waals surface area contributed by atoms with Crippen LogP contribution in [0.1, 0.15) is 97.3 Å². The first-order valence-electron chi connectivity index (χ1n) is 11.1. The van der Waals surface area contributed by atoms with Crippen LogP contribution in [0.15, 0.2) is 0 Å². The molecule has 3 rings (SSSR count). The molecule has 4 atom stereocenters. The zero-order chi connectivity index (χ0) is 17.8. The van der Waals surface area contributed by atoms with Gasteiger partial charge >= 0.3 is 0 Å². The number of carbonyl (C=O) groups is 2. The first kappa shape index (κ1) is 19.1. The third kappa shape index (κ3) is 5.17. The van der Waals surface area contributed by atoms with E-state index in [-0.39, 0.29) is 11.8 Å². The van der Waals surface area contributed by atoms with Gasteiger partial charge in [-0.1, -0.05) is 39.5 Å². The van der Waals surface area contributed by atoms with Crippen molar-refractivity contribution in [2.24, 2.45) is 35.5 Å². The highest BCUT2D eigenvalue weighted by molar-refractivity contribution is 5.88. The highest BCUT2D eigenvalue weighted by atomic mass is 16.1. The molecular weight excluding hydrogens is 308 g/mol. The van der Waals surface area contributed by atoms with Crippen LogP contribution in [0, 0.1) is 35.5 Å². The Hall–Kier alpha value is -0.660. The molecule has 3 saturated carbocycles. The Bertz CT molecular complexity index is 443. The molecule has 4 unspecified atom stereocenters. The van der Waals surface area contributed by atoms with Crippen LogP contribution in [0.5, 0.6) is 0 Å². The number of Topliss-reactive ketones (excluding diaryl/α,β-unsaturated/α-hetero) is 2. The normalized spacial score (nSPS) is 39.3. The van der Waals surface area contributed by atoms with Crippen LogP contribution in [-0.2, 0) is 9.59 Å². The maximum Gasteiger partial charge on any atom is 0.136 e. The van der Waals surface area contributed by atoms with Gasteiger partial charge in [0.05, 0.1) is 0 Å². The summed E-state index contributed by atoms with van der Waals surface area (Å²) in [6, 6.07) is 0. The minimum Gasteiger partial charge on any atom is -0.299 e. The van der Waals surface area contributed by atoms with E-state index < -0.39 is 0 Å². The van der Waals surface area contributed by atoms with Gasteiger partial charge in [0.1, 0.15) is 11.6 Å². The van der Waals surface area contributed by atoms with Gasteiger partial charge < -0.3 is 0 Å². The SMILES string of the molecule is CC1CC(C)CC(C(=O)CCC(=O)C2CCC3CCCCC3CC2)C1. The molecule has 0 bridgehead atoms. The van der Waals surface area contributed by atoms with E-state index in [4.69, 9.17) is 0 Å². The molecule has 3 fully saturated rings. The molecule has 0 amide bonds. The van der Waals surface area contributed by atoms with E-state index in [0.717, 1.165) is 37.5 Å². The minimum atomic E-state index is 0.226. The van der Waals surface area contributed by atoms with Crippen LogP contribution in [0.3, 0.4) is 0 Å². The van der Waals surface area contributed by atoms with Crippen LogP contribution in [0.2, 0.25) is 0 Å². The molecule has 0 spiro atoms. The summed E-state index contributed by atoms with van der Waals surface area (Å²) in [5.41, 5.74) is 0. The second kappa shape index (κ2) is 8.82.